The minimum atomic E-state index is -0.0374. The van der Waals surface area contributed by atoms with E-state index >= 15 is 0 Å². The van der Waals surface area contributed by atoms with Gasteiger partial charge in [0.15, 0.2) is 5.82 Å². The molecule has 3 rings (SSSR count). The Balaban J connectivity index is 1.69. The van der Waals surface area contributed by atoms with Crippen LogP contribution in [0.2, 0.25) is 0 Å². The number of quaternary nitrogens is 2. The van der Waals surface area contributed by atoms with Crippen molar-refractivity contribution >= 4 is 10.9 Å². The third-order valence-electron chi connectivity index (χ3n) is 5.41. The first kappa shape index (κ1) is 16.1. The maximum absolute atomic E-state index is 12.1. The number of nitrogens with two attached hydrogens (primary N) is 1. The van der Waals surface area contributed by atoms with E-state index < -0.39 is 0 Å². The highest BCUT2D eigenvalue weighted by Crippen LogP contribution is 2.24. The van der Waals surface area contributed by atoms with Crippen LogP contribution < -0.4 is 15.8 Å². The second kappa shape index (κ2) is 6.81. The van der Waals surface area contributed by atoms with Crippen LogP contribution in [-0.4, -0.2) is 36.1 Å². The molecule has 5 heteroatoms. The number of likely N-dealkylation sites (N-methyl/N-ethyl adjacent to an activating group) is 1. The van der Waals surface area contributed by atoms with Crippen molar-refractivity contribution in [2.45, 2.75) is 44.2 Å². The fourth-order valence-corrected chi connectivity index (χ4v) is 3.85. The fraction of sp³-hybridized carbons (Fsp3) is 0.556. The average molecular weight is 316 g/mol. The zero-order chi connectivity index (χ0) is 16.3. The summed E-state index contributed by atoms with van der Waals surface area (Å²) < 4.78 is 0. The summed E-state index contributed by atoms with van der Waals surface area (Å²) in [5.41, 5.74) is 1.12. The third kappa shape index (κ3) is 3.46. The molecule has 1 aliphatic carbocycles. The van der Waals surface area contributed by atoms with Gasteiger partial charge in [-0.1, -0.05) is 18.6 Å². The molecule has 0 atom stereocenters. The van der Waals surface area contributed by atoms with Gasteiger partial charge in [-0.2, -0.15) is 0 Å². The first-order chi connectivity index (χ1) is 11.1. The molecule has 0 aliphatic heterocycles. The Hall–Kier alpha value is -1.72. The monoisotopic (exact) mass is 316 g/mol. The summed E-state index contributed by atoms with van der Waals surface area (Å²) in [6.07, 6.45) is 6.64. The SMILES string of the molecule is C[NH+](C)C1(C[NH2+]Cc2nc3ccccc3c(=O)[nH]2)CCCCC1. The van der Waals surface area contributed by atoms with Crippen LogP contribution in [0, 0.1) is 0 Å². The smallest absolute Gasteiger partial charge is 0.258 e. The van der Waals surface area contributed by atoms with Crippen LogP contribution in [0.25, 0.3) is 10.9 Å². The first-order valence-electron chi connectivity index (χ1n) is 8.71. The van der Waals surface area contributed by atoms with Crippen molar-refractivity contribution in [1.29, 1.82) is 0 Å². The molecule has 0 amide bonds. The van der Waals surface area contributed by atoms with Crippen LogP contribution in [-0.2, 0) is 6.54 Å². The van der Waals surface area contributed by atoms with Crippen molar-refractivity contribution in [2.75, 3.05) is 20.6 Å². The van der Waals surface area contributed by atoms with Gasteiger partial charge in [-0.25, -0.2) is 4.98 Å². The summed E-state index contributed by atoms with van der Waals surface area (Å²) in [5, 5.41) is 2.98. The highest BCUT2D eigenvalue weighted by molar-refractivity contribution is 5.77. The lowest BCUT2D eigenvalue weighted by molar-refractivity contribution is -0.935. The molecule has 1 heterocycles. The Bertz CT molecular complexity index is 716. The first-order valence-corrected chi connectivity index (χ1v) is 8.71. The fourth-order valence-electron chi connectivity index (χ4n) is 3.85. The third-order valence-corrected chi connectivity index (χ3v) is 5.41. The van der Waals surface area contributed by atoms with Crippen LogP contribution in [0.1, 0.15) is 37.9 Å². The maximum atomic E-state index is 12.1. The van der Waals surface area contributed by atoms with Crippen molar-refractivity contribution < 1.29 is 10.2 Å². The quantitative estimate of drug-likeness (QED) is 0.717. The number of hydrogen-bond acceptors (Lipinski definition) is 2. The van der Waals surface area contributed by atoms with Crippen molar-refractivity contribution in [3.8, 4) is 0 Å². The van der Waals surface area contributed by atoms with Gasteiger partial charge in [0, 0.05) is 12.8 Å². The van der Waals surface area contributed by atoms with Crippen LogP contribution >= 0.6 is 0 Å². The van der Waals surface area contributed by atoms with Crippen LogP contribution in [0.3, 0.4) is 0 Å². The molecule has 4 N–H and O–H groups in total. The Labute approximate surface area is 137 Å². The van der Waals surface area contributed by atoms with Crippen LogP contribution in [0.5, 0.6) is 0 Å². The number of benzene rings is 1. The lowest BCUT2D eigenvalue weighted by atomic mass is 9.80. The van der Waals surface area contributed by atoms with Gasteiger partial charge in [0.2, 0.25) is 0 Å². The van der Waals surface area contributed by atoms with Gasteiger partial charge in [0.05, 0.1) is 25.0 Å². The molecular formula is C18H28N4O+2. The van der Waals surface area contributed by atoms with Gasteiger partial charge in [-0.15, -0.1) is 0 Å². The molecular weight excluding hydrogens is 288 g/mol. The van der Waals surface area contributed by atoms with Crippen LogP contribution in [0.4, 0.5) is 0 Å². The molecule has 0 saturated heterocycles. The Morgan fingerprint density at radius 1 is 1.22 bits per heavy atom. The summed E-state index contributed by atoms with van der Waals surface area (Å²) >= 11 is 0. The zero-order valence-corrected chi connectivity index (χ0v) is 14.2. The molecule has 1 aromatic heterocycles. The van der Waals surface area contributed by atoms with E-state index in [1.807, 2.05) is 24.3 Å². The predicted octanol–water partition coefficient (Wildman–Crippen LogP) is -0.166. The summed E-state index contributed by atoms with van der Waals surface area (Å²) in [7, 11) is 4.55. The number of aromatic nitrogens is 2. The Morgan fingerprint density at radius 2 is 1.96 bits per heavy atom. The Kier molecular flexibility index (Phi) is 4.78. The van der Waals surface area contributed by atoms with E-state index in [0.717, 1.165) is 24.4 Å². The summed E-state index contributed by atoms with van der Waals surface area (Å²) in [4.78, 5) is 21.2. The summed E-state index contributed by atoms with van der Waals surface area (Å²) in [5.74, 6) is 0.772. The molecule has 23 heavy (non-hydrogen) atoms. The maximum Gasteiger partial charge on any atom is 0.258 e. The van der Waals surface area contributed by atoms with Gasteiger partial charge in [-0.3, -0.25) is 4.79 Å². The number of fused-ring (bicyclic) bond motifs is 1. The number of nitrogens with one attached hydrogen (secondary N) is 2. The Morgan fingerprint density at radius 3 is 2.70 bits per heavy atom. The number of aromatic amines is 1. The molecule has 0 spiro atoms. The molecule has 2 aromatic rings. The zero-order valence-electron chi connectivity index (χ0n) is 14.2. The molecule has 1 saturated carbocycles. The van der Waals surface area contributed by atoms with Crippen molar-refractivity contribution in [1.82, 2.24) is 9.97 Å². The van der Waals surface area contributed by atoms with E-state index in [1.54, 1.807) is 4.90 Å². The van der Waals surface area contributed by atoms with Crippen molar-refractivity contribution in [2.24, 2.45) is 0 Å². The van der Waals surface area contributed by atoms with E-state index in [0.29, 0.717) is 10.9 Å². The lowest BCUT2D eigenvalue weighted by Gasteiger charge is -2.38. The second-order valence-electron chi connectivity index (χ2n) is 7.07. The van der Waals surface area contributed by atoms with E-state index in [9.17, 15) is 4.79 Å². The van der Waals surface area contributed by atoms with Crippen LogP contribution in [0.15, 0.2) is 29.1 Å². The highest BCUT2D eigenvalue weighted by atomic mass is 16.1. The molecule has 1 fully saturated rings. The summed E-state index contributed by atoms with van der Waals surface area (Å²) in [6.45, 7) is 1.82. The van der Waals surface area contributed by atoms with E-state index in [2.05, 4.69) is 29.4 Å². The van der Waals surface area contributed by atoms with E-state index in [4.69, 9.17) is 0 Å². The summed E-state index contributed by atoms with van der Waals surface area (Å²) in [6, 6.07) is 7.52. The molecule has 1 aromatic carbocycles. The molecule has 124 valence electrons. The molecule has 0 bridgehead atoms. The molecule has 1 aliphatic rings. The van der Waals surface area contributed by atoms with Gasteiger partial charge in [0.1, 0.15) is 18.6 Å². The van der Waals surface area contributed by atoms with Gasteiger partial charge < -0.3 is 15.2 Å². The van der Waals surface area contributed by atoms with Gasteiger partial charge in [0.25, 0.3) is 5.56 Å². The number of hydrogen-bond donors (Lipinski definition) is 3. The number of rotatable bonds is 5. The van der Waals surface area contributed by atoms with E-state index in [-0.39, 0.29) is 5.56 Å². The predicted molar refractivity (Wildman–Crippen MR) is 91.5 cm³/mol. The lowest BCUT2D eigenvalue weighted by Crippen LogP contribution is -3.19. The molecule has 5 nitrogen and oxygen atoms in total. The largest absolute Gasteiger partial charge is 0.335 e. The molecule has 0 radical (unpaired) electrons. The minimum Gasteiger partial charge on any atom is -0.335 e. The highest BCUT2D eigenvalue weighted by Gasteiger charge is 2.39. The standard InChI is InChI=1S/C18H26N4O/c1-22(2)18(10-6-3-7-11-18)13-19-12-16-20-15-9-5-4-8-14(15)17(23)21-16/h4-5,8-9,19H,3,6-7,10-13H2,1-2H3,(H,20,21,23)/p+2. The van der Waals surface area contributed by atoms with Crippen molar-refractivity contribution in [3.05, 3.63) is 40.4 Å². The van der Waals surface area contributed by atoms with Crippen molar-refractivity contribution in [3.63, 3.8) is 0 Å². The normalized spacial score (nSPS) is 17.7. The van der Waals surface area contributed by atoms with Gasteiger partial charge >= 0.3 is 0 Å². The van der Waals surface area contributed by atoms with Gasteiger partial charge in [-0.05, 0) is 25.0 Å². The second-order valence-corrected chi connectivity index (χ2v) is 7.07. The van der Waals surface area contributed by atoms with E-state index in [1.165, 1.54) is 32.1 Å². The number of H-pyrrole nitrogens is 1. The average Bonchev–Trinajstić information content (AvgIpc) is 2.56. The topological polar surface area (TPSA) is 66.8 Å². The minimum absolute atomic E-state index is 0.0374. The number of nitrogens with zero attached hydrogens (tertiary/aromatic N) is 1. The molecule has 0 unspecified atom stereocenters. The number of para-hydroxylation sites is 1.